The summed E-state index contributed by atoms with van der Waals surface area (Å²) in [6.07, 6.45) is 2.00. The topological polar surface area (TPSA) is 58.6 Å². The van der Waals surface area contributed by atoms with E-state index in [0.29, 0.717) is 0 Å². The van der Waals surface area contributed by atoms with Gasteiger partial charge in [-0.15, -0.1) is 0 Å². The van der Waals surface area contributed by atoms with Crippen molar-refractivity contribution in [1.82, 2.24) is 4.90 Å². The van der Waals surface area contributed by atoms with Gasteiger partial charge in [-0.25, -0.2) is 0 Å². The van der Waals surface area contributed by atoms with Gasteiger partial charge in [0.1, 0.15) is 5.54 Å². The summed E-state index contributed by atoms with van der Waals surface area (Å²) < 4.78 is 5.26. The maximum atomic E-state index is 13.4. The van der Waals surface area contributed by atoms with Crippen LogP contribution in [0.25, 0.3) is 0 Å². The number of anilines is 1. The highest BCUT2D eigenvalue weighted by Gasteiger charge is 2.69. The summed E-state index contributed by atoms with van der Waals surface area (Å²) in [4.78, 5) is 28.8. The lowest BCUT2D eigenvalue weighted by molar-refractivity contribution is -0.153. The molecule has 0 aromatic heterocycles. The lowest BCUT2D eigenvalue weighted by Gasteiger charge is -2.36. The molecule has 0 saturated carbocycles. The number of hydrogen-bond donors (Lipinski definition) is 1. The van der Waals surface area contributed by atoms with E-state index < -0.39 is 11.5 Å². The Hall–Kier alpha value is -2.66. The van der Waals surface area contributed by atoms with Crippen LogP contribution in [0, 0.1) is 5.92 Å². The number of methoxy groups -OCH3 is 1. The minimum absolute atomic E-state index is 0.0712. The number of amides is 1. The van der Waals surface area contributed by atoms with Crippen LogP contribution in [0.4, 0.5) is 5.69 Å². The van der Waals surface area contributed by atoms with Crippen molar-refractivity contribution in [2.45, 2.75) is 30.3 Å². The zero-order chi connectivity index (χ0) is 18.6. The molecule has 3 aliphatic heterocycles. The van der Waals surface area contributed by atoms with E-state index in [9.17, 15) is 9.59 Å². The first kappa shape index (κ1) is 16.5. The first-order chi connectivity index (χ1) is 13.2. The van der Waals surface area contributed by atoms with Crippen molar-refractivity contribution < 1.29 is 14.3 Å². The highest BCUT2D eigenvalue weighted by molar-refractivity contribution is 6.09. The van der Waals surface area contributed by atoms with Crippen LogP contribution >= 0.6 is 0 Å². The predicted molar refractivity (Wildman–Crippen MR) is 101 cm³/mol. The SMILES string of the molecule is COC(=O)[C@@H]1[C@@H](c2ccccc2)C2CCCN2[C@@]12C(=O)Nc1ccccc12. The van der Waals surface area contributed by atoms with Gasteiger partial charge in [-0.05, 0) is 31.0 Å². The highest BCUT2D eigenvalue weighted by atomic mass is 16.5. The zero-order valence-electron chi connectivity index (χ0n) is 15.2. The molecule has 4 atom stereocenters. The molecule has 0 bridgehead atoms. The third-order valence-corrected chi connectivity index (χ3v) is 6.55. The van der Waals surface area contributed by atoms with Crippen LogP contribution in [0.3, 0.4) is 0 Å². The molecule has 5 rings (SSSR count). The van der Waals surface area contributed by atoms with E-state index in [-0.39, 0.29) is 23.8 Å². The second-order valence-corrected chi connectivity index (χ2v) is 7.61. The molecule has 1 spiro atoms. The number of benzene rings is 2. The van der Waals surface area contributed by atoms with Gasteiger partial charge < -0.3 is 10.1 Å². The van der Waals surface area contributed by atoms with Gasteiger partial charge in [0.25, 0.3) is 5.91 Å². The van der Waals surface area contributed by atoms with Gasteiger partial charge in [0.05, 0.1) is 13.0 Å². The summed E-state index contributed by atoms with van der Waals surface area (Å²) in [5, 5.41) is 3.04. The Labute approximate surface area is 158 Å². The predicted octanol–water partition coefficient (Wildman–Crippen LogP) is 2.89. The van der Waals surface area contributed by atoms with Crippen LogP contribution in [0.15, 0.2) is 54.6 Å². The molecule has 3 heterocycles. The highest BCUT2D eigenvalue weighted by Crippen LogP contribution is 2.60. The summed E-state index contributed by atoms with van der Waals surface area (Å²) >= 11 is 0. The molecule has 27 heavy (non-hydrogen) atoms. The number of hydrogen-bond acceptors (Lipinski definition) is 4. The zero-order valence-corrected chi connectivity index (χ0v) is 15.2. The molecule has 0 aliphatic carbocycles. The number of carbonyl (C=O) groups excluding carboxylic acids is 2. The number of ether oxygens (including phenoxy) is 1. The van der Waals surface area contributed by atoms with E-state index in [1.165, 1.54) is 7.11 Å². The molecular weight excluding hydrogens is 340 g/mol. The molecule has 2 saturated heterocycles. The third kappa shape index (κ3) is 2.03. The van der Waals surface area contributed by atoms with Gasteiger partial charge in [-0.2, -0.15) is 0 Å². The fourth-order valence-electron chi connectivity index (χ4n) is 5.66. The standard InChI is InChI=1S/C22H22N2O3/c1-27-20(25)19-18(14-8-3-2-4-9-14)17-12-7-13-24(17)22(19)15-10-5-6-11-16(15)23-21(22)26/h2-6,8-11,17-19H,7,12-13H2,1H3,(H,23,26)/t17?,18-,19-,22+/m0/s1. The lowest BCUT2D eigenvalue weighted by Crippen LogP contribution is -2.53. The molecule has 2 aromatic carbocycles. The number of fused-ring (bicyclic) bond motifs is 4. The smallest absolute Gasteiger partial charge is 0.312 e. The number of nitrogens with one attached hydrogen (secondary N) is 1. The fourth-order valence-corrected chi connectivity index (χ4v) is 5.66. The number of para-hydroxylation sites is 1. The van der Waals surface area contributed by atoms with E-state index in [0.717, 1.165) is 36.2 Å². The number of rotatable bonds is 2. The molecule has 5 heteroatoms. The van der Waals surface area contributed by atoms with Gasteiger partial charge >= 0.3 is 5.97 Å². The van der Waals surface area contributed by atoms with Gasteiger partial charge in [-0.3, -0.25) is 14.5 Å². The van der Waals surface area contributed by atoms with Crippen molar-refractivity contribution in [3.63, 3.8) is 0 Å². The fraction of sp³-hybridized carbons (Fsp3) is 0.364. The average Bonchev–Trinajstić information content (AvgIpc) is 3.35. The first-order valence-corrected chi connectivity index (χ1v) is 9.50. The monoisotopic (exact) mass is 362 g/mol. The Bertz CT molecular complexity index is 913. The summed E-state index contributed by atoms with van der Waals surface area (Å²) in [5.74, 6) is -1.06. The Kier molecular flexibility index (Phi) is 3.62. The second-order valence-electron chi connectivity index (χ2n) is 7.61. The van der Waals surface area contributed by atoms with Gasteiger partial charge in [0, 0.05) is 23.2 Å². The molecule has 3 aliphatic rings. The van der Waals surface area contributed by atoms with E-state index >= 15 is 0 Å². The van der Waals surface area contributed by atoms with E-state index in [4.69, 9.17) is 4.74 Å². The Morgan fingerprint density at radius 1 is 1.15 bits per heavy atom. The van der Waals surface area contributed by atoms with Crippen LogP contribution in [0.1, 0.15) is 29.9 Å². The summed E-state index contributed by atoms with van der Waals surface area (Å²) in [7, 11) is 1.42. The average molecular weight is 362 g/mol. The largest absolute Gasteiger partial charge is 0.469 e. The van der Waals surface area contributed by atoms with Crippen molar-refractivity contribution in [2.24, 2.45) is 5.92 Å². The molecule has 138 valence electrons. The van der Waals surface area contributed by atoms with Crippen LogP contribution in [0.5, 0.6) is 0 Å². The second kappa shape index (κ2) is 5.92. The number of nitrogens with zero attached hydrogens (tertiary/aromatic N) is 1. The van der Waals surface area contributed by atoms with Crippen molar-refractivity contribution in [1.29, 1.82) is 0 Å². The van der Waals surface area contributed by atoms with Crippen LogP contribution in [-0.4, -0.2) is 36.5 Å². The third-order valence-electron chi connectivity index (χ3n) is 6.55. The van der Waals surface area contributed by atoms with Crippen molar-refractivity contribution >= 4 is 17.6 Å². The number of esters is 1. The lowest BCUT2D eigenvalue weighted by atomic mass is 9.72. The maximum Gasteiger partial charge on any atom is 0.312 e. The molecule has 2 aromatic rings. The molecule has 1 N–H and O–H groups in total. The molecular formula is C22H22N2O3. The normalized spacial score (nSPS) is 31.6. The summed E-state index contributed by atoms with van der Waals surface area (Å²) in [5.41, 5.74) is 1.80. The molecule has 1 unspecified atom stereocenters. The molecule has 2 fully saturated rings. The van der Waals surface area contributed by atoms with E-state index in [2.05, 4.69) is 22.3 Å². The van der Waals surface area contributed by atoms with Crippen LogP contribution in [-0.2, 0) is 19.9 Å². The Morgan fingerprint density at radius 3 is 2.67 bits per heavy atom. The Morgan fingerprint density at radius 2 is 1.89 bits per heavy atom. The molecule has 1 amide bonds. The van der Waals surface area contributed by atoms with Crippen LogP contribution < -0.4 is 5.32 Å². The van der Waals surface area contributed by atoms with Gasteiger partial charge in [-0.1, -0.05) is 48.5 Å². The Balaban J connectivity index is 1.78. The molecule has 0 radical (unpaired) electrons. The van der Waals surface area contributed by atoms with Crippen molar-refractivity contribution in [2.75, 3.05) is 19.0 Å². The van der Waals surface area contributed by atoms with Crippen LogP contribution in [0.2, 0.25) is 0 Å². The van der Waals surface area contributed by atoms with E-state index in [1.807, 2.05) is 42.5 Å². The van der Waals surface area contributed by atoms with Crippen molar-refractivity contribution in [3.8, 4) is 0 Å². The molecule has 5 nitrogen and oxygen atoms in total. The quantitative estimate of drug-likeness (QED) is 0.835. The summed E-state index contributed by atoms with van der Waals surface area (Å²) in [6, 6.07) is 18.0. The van der Waals surface area contributed by atoms with Gasteiger partial charge in [0.15, 0.2) is 0 Å². The van der Waals surface area contributed by atoms with E-state index in [1.54, 1.807) is 0 Å². The minimum Gasteiger partial charge on any atom is -0.469 e. The van der Waals surface area contributed by atoms with Gasteiger partial charge in [0.2, 0.25) is 0 Å². The minimum atomic E-state index is -0.995. The summed E-state index contributed by atoms with van der Waals surface area (Å²) in [6.45, 7) is 0.809. The van der Waals surface area contributed by atoms with Crippen molar-refractivity contribution in [3.05, 3.63) is 65.7 Å². The number of carbonyl (C=O) groups is 2. The maximum absolute atomic E-state index is 13.4. The first-order valence-electron chi connectivity index (χ1n) is 9.50.